The van der Waals surface area contributed by atoms with E-state index in [2.05, 4.69) is 162 Å². The summed E-state index contributed by atoms with van der Waals surface area (Å²) >= 11 is 0. The van der Waals surface area contributed by atoms with Crippen LogP contribution in [-0.2, 0) is 10.8 Å². The second-order valence-electron chi connectivity index (χ2n) is 15.3. The molecule has 5 aromatic carbocycles. The normalized spacial score (nSPS) is 14.4. The number of fused-ring (bicyclic) bond motifs is 1. The molecule has 0 unspecified atom stereocenters. The molecule has 5 aromatic rings. The topological polar surface area (TPSA) is 6.48 Å². The highest BCUT2D eigenvalue weighted by atomic mass is 15.2. The molecule has 44 heavy (non-hydrogen) atoms. The Morgan fingerprint density at radius 2 is 0.909 bits per heavy atom. The monoisotopic (exact) mass is 572 g/mol. The first-order valence-electron chi connectivity index (χ1n) is 16.2. The van der Waals surface area contributed by atoms with E-state index in [9.17, 15) is 0 Å². The fourth-order valence-corrected chi connectivity index (χ4v) is 7.69. The third-order valence-electron chi connectivity index (χ3n) is 10.1. The summed E-state index contributed by atoms with van der Waals surface area (Å²) in [6.07, 6.45) is 0. The summed E-state index contributed by atoms with van der Waals surface area (Å²) in [6, 6.07) is 37.4. The van der Waals surface area contributed by atoms with Crippen LogP contribution in [0.15, 0.2) is 97.1 Å². The SMILES string of the molecule is CC(C)c1cc2c3c(c1)N(c1ccc(C(C)(C)C)cc1)c1cccc4c1B3c1c-4cccc1N2c1ccc(C(C)(C)C)cc1. The third-order valence-corrected chi connectivity index (χ3v) is 10.1. The van der Waals surface area contributed by atoms with Crippen LogP contribution in [0, 0.1) is 0 Å². The Labute approximate surface area is 263 Å². The van der Waals surface area contributed by atoms with Crippen molar-refractivity contribution in [3.05, 3.63) is 114 Å². The van der Waals surface area contributed by atoms with Crippen LogP contribution in [0.1, 0.15) is 78.0 Å². The Kier molecular flexibility index (Phi) is 5.68. The number of hydrogen-bond donors (Lipinski definition) is 0. The lowest BCUT2D eigenvalue weighted by molar-refractivity contribution is 0.590. The first kappa shape index (κ1) is 27.3. The van der Waals surface area contributed by atoms with Gasteiger partial charge in [-0.05, 0) is 109 Å². The van der Waals surface area contributed by atoms with Crippen LogP contribution in [0.25, 0.3) is 11.1 Å². The van der Waals surface area contributed by atoms with E-state index in [1.54, 1.807) is 0 Å². The van der Waals surface area contributed by atoms with Crippen molar-refractivity contribution >= 4 is 57.2 Å². The molecule has 0 N–H and O–H groups in total. The van der Waals surface area contributed by atoms with Gasteiger partial charge in [0.25, 0.3) is 6.71 Å². The summed E-state index contributed by atoms with van der Waals surface area (Å²) in [5.74, 6) is 0.399. The zero-order valence-electron chi connectivity index (χ0n) is 27.3. The van der Waals surface area contributed by atoms with Gasteiger partial charge >= 0.3 is 0 Å². The molecular formula is C41H41BN2. The number of anilines is 6. The van der Waals surface area contributed by atoms with Crippen LogP contribution in [0.2, 0.25) is 0 Å². The average molecular weight is 573 g/mol. The van der Waals surface area contributed by atoms with Crippen LogP contribution in [-0.4, -0.2) is 6.71 Å². The van der Waals surface area contributed by atoms with E-state index in [4.69, 9.17) is 0 Å². The molecule has 0 aromatic heterocycles. The molecule has 0 radical (unpaired) electrons. The van der Waals surface area contributed by atoms with E-state index in [1.807, 2.05) is 0 Å². The maximum absolute atomic E-state index is 2.55. The Balaban J connectivity index is 1.44. The zero-order chi connectivity index (χ0) is 30.7. The second kappa shape index (κ2) is 9.14. The van der Waals surface area contributed by atoms with Crippen LogP contribution >= 0.6 is 0 Å². The van der Waals surface area contributed by atoms with Gasteiger partial charge in [-0.25, -0.2) is 0 Å². The lowest BCUT2D eigenvalue weighted by Crippen LogP contribution is -2.59. The van der Waals surface area contributed by atoms with Gasteiger partial charge in [0.1, 0.15) is 0 Å². The summed E-state index contributed by atoms with van der Waals surface area (Å²) in [5.41, 5.74) is 19.0. The van der Waals surface area contributed by atoms with E-state index in [0.29, 0.717) is 5.92 Å². The van der Waals surface area contributed by atoms with Crippen molar-refractivity contribution in [2.75, 3.05) is 9.80 Å². The average Bonchev–Trinajstić information content (AvgIpc) is 3.33. The minimum absolute atomic E-state index is 0.108. The molecule has 0 aliphatic carbocycles. The highest BCUT2D eigenvalue weighted by Crippen LogP contribution is 2.49. The van der Waals surface area contributed by atoms with Crippen LogP contribution in [0.3, 0.4) is 0 Å². The Morgan fingerprint density at radius 3 is 1.27 bits per heavy atom. The first-order valence-corrected chi connectivity index (χ1v) is 16.2. The molecule has 0 saturated heterocycles. The summed E-state index contributed by atoms with van der Waals surface area (Å²) in [4.78, 5) is 5.09. The summed E-state index contributed by atoms with van der Waals surface area (Å²) < 4.78 is 0. The maximum atomic E-state index is 2.55. The Bertz CT molecular complexity index is 1820. The standard InChI is InChI=1S/C41H41BN2/c1-25(2)26-23-35-39-36(24-26)44(30-21-17-28(18-22-30)41(6,7)8)34-14-10-12-32-31-11-9-13-33(37(31)42(39)38(32)34)43(35)29-19-15-27(16-20-29)40(3,4)5/h9-25H,1-8H3. The molecule has 0 saturated carbocycles. The van der Waals surface area contributed by atoms with Crippen molar-refractivity contribution < 1.29 is 0 Å². The lowest BCUT2D eigenvalue weighted by Gasteiger charge is -2.43. The van der Waals surface area contributed by atoms with Crippen LogP contribution < -0.4 is 26.2 Å². The lowest BCUT2D eigenvalue weighted by atomic mass is 9.35. The third kappa shape index (κ3) is 3.81. The molecule has 3 aliphatic heterocycles. The van der Waals surface area contributed by atoms with Crippen LogP contribution in [0.4, 0.5) is 34.1 Å². The molecule has 3 aliphatic rings. The maximum Gasteiger partial charge on any atom is 0.253 e. The molecule has 0 spiro atoms. The van der Waals surface area contributed by atoms with Gasteiger partial charge in [0, 0.05) is 34.1 Å². The summed E-state index contributed by atoms with van der Waals surface area (Å²) in [7, 11) is 0. The van der Waals surface area contributed by atoms with Crippen molar-refractivity contribution in [1.29, 1.82) is 0 Å². The van der Waals surface area contributed by atoms with Gasteiger partial charge in [-0.1, -0.05) is 104 Å². The van der Waals surface area contributed by atoms with Crippen molar-refractivity contribution in [2.24, 2.45) is 0 Å². The van der Waals surface area contributed by atoms with Gasteiger partial charge in [0.2, 0.25) is 0 Å². The van der Waals surface area contributed by atoms with Crippen molar-refractivity contribution in [3.8, 4) is 11.1 Å². The molecule has 3 heteroatoms. The van der Waals surface area contributed by atoms with E-state index in [-0.39, 0.29) is 17.5 Å². The zero-order valence-corrected chi connectivity index (χ0v) is 27.3. The molecule has 218 valence electrons. The van der Waals surface area contributed by atoms with E-state index >= 15 is 0 Å². The van der Waals surface area contributed by atoms with E-state index in [0.717, 1.165) is 0 Å². The van der Waals surface area contributed by atoms with Gasteiger partial charge in [-0.2, -0.15) is 0 Å². The Morgan fingerprint density at radius 1 is 0.500 bits per heavy atom. The largest absolute Gasteiger partial charge is 0.311 e. The summed E-state index contributed by atoms with van der Waals surface area (Å²) in [5, 5.41) is 0. The van der Waals surface area contributed by atoms with Gasteiger partial charge in [-0.15, -0.1) is 0 Å². The number of benzene rings is 5. The first-order chi connectivity index (χ1) is 20.9. The van der Waals surface area contributed by atoms with Crippen molar-refractivity contribution in [3.63, 3.8) is 0 Å². The molecule has 0 fully saturated rings. The van der Waals surface area contributed by atoms with Gasteiger partial charge < -0.3 is 9.80 Å². The number of nitrogens with zero attached hydrogens (tertiary/aromatic N) is 2. The van der Waals surface area contributed by atoms with Crippen molar-refractivity contribution in [2.45, 2.75) is 72.1 Å². The molecule has 8 rings (SSSR count). The van der Waals surface area contributed by atoms with Crippen LogP contribution in [0.5, 0.6) is 0 Å². The molecule has 0 atom stereocenters. The fraction of sp³-hybridized carbons (Fsp3) is 0.268. The highest BCUT2D eigenvalue weighted by molar-refractivity contribution is 7.03. The molecule has 3 heterocycles. The number of rotatable bonds is 3. The minimum Gasteiger partial charge on any atom is -0.311 e. The van der Waals surface area contributed by atoms with Gasteiger partial charge in [0.15, 0.2) is 0 Å². The molecule has 2 nitrogen and oxygen atoms in total. The second-order valence-corrected chi connectivity index (χ2v) is 15.3. The molecule has 0 bridgehead atoms. The molecular weight excluding hydrogens is 531 g/mol. The van der Waals surface area contributed by atoms with Gasteiger partial charge in [-0.3, -0.25) is 0 Å². The van der Waals surface area contributed by atoms with Gasteiger partial charge in [0.05, 0.1) is 0 Å². The smallest absolute Gasteiger partial charge is 0.253 e. The fourth-order valence-electron chi connectivity index (χ4n) is 7.69. The van der Waals surface area contributed by atoms with E-state index in [1.165, 1.54) is 78.3 Å². The quantitative estimate of drug-likeness (QED) is 0.195. The predicted octanol–water partition coefficient (Wildman–Crippen LogP) is 9.47. The predicted molar refractivity (Wildman–Crippen MR) is 191 cm³/mol. The number of hydrogen-bond acceptors (Lipinski definition) is 2. The highest BCUT2D eigenvalue weighted by Gasteiger charge is 2.49. The van der Waals surface area contributed by atoms with E-state index < -0.39 is 0 Å². The summed E-state index contributed by atoms with van der Waals surface area (Å²) in [6.45, 7) is 18.6. The minimum atomic E-state index is 0.108. The van der Waals surface area contributed by atoms with Crippen molar-refractivity contribution in [1.82, 2.24) is 0 Å². The molecule has 0 amide bonds. The Hall–Kier alpha value is -4.24.